The number of aromatic nitrogens is 2. The Labute approximate surface area is 270 Å². The van der Waals surface area contributed by atoms with Gasteiger partial charge < -0.3 is 28.9 Å². The number of methoxy groups -OCH3 is 1. The molecule has 5 rings (SSSR count). The summed E-state index contributed by atoms with van der Waals surface area (Å²) in [6, 6.07) is 23.3. The molecule has 0 amide bonds. The number of anilines is 1. The zero-order chi connectivity index (χ0) is 33.6. The van der Waals surface area contributed by atoms with Gasteiger partial charge in [-0.15, -0.1) is 0 Å². The van der Waals surface area contributed by atoms with Crippen molar-refractivity contribution in [1.29, 1.82) is 0 Å². The third kappa shape index (κ3) is 7.36. The number of carbonyl (C=O) groups is 1. The molecule has 1 unspecified atom stereocenters. The van der Waals surface area contributed by atoms with Crippen LogP contribution >= 0.6 is 7.60 Å². The smallest absolute Gasteiger partial charge is 0.357 e. The van der Waals surface area contributed by atoms with E-state index in [1.807, 2.05) is 0 Å². The van der Waals surface area contributed by atoms with Crippen LogP contribution in [0.1, 0.15) is 41.4 Å². The normalized spacial score (nSPS) is 12.1. The van der Waals surface area contributed by atoms with Crippen molar-refractivity contribution in [2.24, 2.45) is 0 Å². The van der Waals surface area contributed by atoms with E-state index in [2.05, 4.69) is 10.3 Å². The first-order valence-electron chi connectivity index (χ1n) is 14.7. The molecule has 13 heteroatoms. The van der Waals surface area contributed by atoms with E-state index in [1.165, 1.54) is 48.1 Å². The Morgan fingerprint density at radius 3 is 2.28 bits per heavy atom. The van der Waals surface area contributed by atoms with Crippen LogP contribution in [-0.2, 0) is 20.2 Å². The van der Waals surface area contributed by atoms with Crippen LogP contribution in [0, 0.1) is 5.82 Å². The van der Waals surface area contributed by atoms with Crippen LogP contribution in [0.5, 0.6) is 11.5 Å². The first-order chi connectivity index (χ1) is 22.7. The first kappa shape index (κ1) is 33.3. The average Bonchev–Trinajstić information content (AvgIpc) is 3.07. The number of carboxylic acids is 1. The number of ether oxygens (including phenoxy) is 2. The molecule has 0 aliphatic rings. The van der Waals surface area contributed by atoms with Gasteiger partial charge in [-0.1, -0.05) is 18.2 Å². The van der Waals surface area contributed by atoms with E-state index in [-0.39, 0.29) is 42.5 Å². The minimum absolute atomic E-state index is 0.0961. The lowest BCUT2D eigenvalue weighted by Crippen LogP contribution is -2.25. The summed E-state index contributed by atoms with van der Waals surface area (Å²) in [7, 11) is -2.38. The molecule has 47 heavy (non-hydrogen) atoms. The fraction of sp³-hybridized carbons (Fsp3) is 0.206. The van der Waals surface area contributed by atoms with E-state index >= 15 is 0 Å². The van der Waals surface area contributed by atoms with Gasteiger partial charge in [-0.25, -0.2) is 14.2 Å². The summed E-state index contributed by atoms with van der Waals surface area (Å²) in [5.41, 5.74) is 1.62. The van der Waals surface area contributed by atoms with Crippen LogP contribution in [0.4, 0.5) is 10.1 Å². The maximum Gasteiger partial charge on any atom is 0.357 e. The molecule has 0 saturated carbocycles. The Kier molecular flexibility index (Phi) is 10.4. The molecule has 0 aliphatic carbocycles. The standard InChI is InChI=1S/C34H33FN3O8P/c1-4-45-47(42,46-5-2)32(36-25-15-10-22(11-16-25)34(40)41)23-12-19-29(30(20-23)43-3)44-21-31-37-28-9-7-6-8-27(28)33(39)38(31)26-17-13-24(35)14-18-26/h6-20,32,36H,4-5,21H2,1-3H3,(H,40,41). The zero-order valence-electron chi connectivity index (χ0n) is 25.9. The second-order valence-corrected chi connectivity index (χ2v) is 12.3. The SMILES string of the molecule is CCOP(=O)(OCC)C(Nc1ccc(C(=O)O)cc1)c1ccc(OCc2nc3ccccc3c(=O)n2-c2ccc(F)cc2)c(OC)c1. The molecule has 11 nitrogen and oxygen atoms in total. The van der Waals surface area contributed by atoms with Gasteiger partial charge in [0.2, 0.25) is 0 Å². The Morgan fingerprint density at radius 1 is 0.957 bits per heavy atom. The lowest BCUT2D eigenvalue weighted by Gasteiger charge is -2.28. The molecule has 0 aliphatic heterocycles. The summed E-state index contributed by atoms with van der Waals surface area (Å²) in [6.07, 6.45) is 0. The maximum absolute atomic E-state index is 14.1. The van der Waals surface area contributed by atoms with E-state index in [0.717, 1.165) is 0 Å². The highest BCUT2D eigenvalue weighted by Crippen LogP contribution is 2.61. The fourth-order valence-corrected chi connectivity index (χ4v) is 6.93. The molecule has 4 aromatic carbocycles. The van der Waals surface area contributed by atoms with Gasteiger partial charge in [-0.05, 0) is 92.2 Å². The molecule has 244 valence electrons. The molecule has 0 saturated heterocycles. The number of benzene rings is 4. The summed E-state index contributed by atoms with van der Waals surface area (Å²) in [6.45, 7) is 3.48. The quantitative estimate of drug-likeness (QED) is 0.118. The van der Waals surface area contributed by atoms with Gasteiger partial charge in [0.15, 0.2) is 23.1 Å². The minimum Gasteiger partial charge on any atom is -0.493 e. The lowest BCUT2D eigenvalue weighted by atomic mass is 10.1. The monoisotopic (exact) mass is 661 g/mol. The van der Waals surface area contributed by atoms with Gasteiger partial charge in [-0.3, -0.25) is 13.9 Å². The summed E-state index contributed by atoms with van der Waals surface area (Å²) in [5.74, 6) is -1.67. The number of para-hydroxylation sites is 1. The maximum atomic E-state index is 14.1. The van der Waals surface area contributed by atoms with Crippen molar-refractivity contribution < 1.29 is 37.4 Å². The van der Waals surface area contributed by atoms with Crippen LogP contribution in [0.3, 0.4) is 0 Å². The predicted molar refractivity (Wildman–Crippen MR) is 175 cm³/mol. The summed E-state index contributed by atoms with van der Waals surface area (Å²) < 4.78 is 52.3. The molecular formula is C34H33FN3O8P. The average molecular weight is 662 g/mol. The minimum atomic E-state index is -3.83. The molecule has 0 fully saturated rings. The fourth-order valence-electron chi connectivity index (χ4n) is 5.01. The third-order valence-electron chi connectivity index (χ3n) is 7.16. The van der Waals surface area contributed by atoms with Crippen molar-refractivity contribution in [3.8, 4) is 17.2 Å². The van der Waals surface area contributed by atoms with Gasteiger partial charge in [0, 0.05) is 5.69 Å². The lowest BCUT2D eigenvalue weighted by molar-refractivity contribution is 0.0697. The van der Waals surface area contributed by atoms with Crippen LogP contribution in [0.25, 0.3) is 16.6 Å². The van der Waals surface area contributed by atoms with Crippen molar-refractivity contribution in [3.05, 3.63) is 124 Å². The molecule has 0 bridgehead atoms. The topological polar surface area (TPSA) is 138 Å². The molecule has 1 aromatic heterocycles. The molecule has 5 aromatic rings. The van der Waals surface area contributed by atoms with E-state index in [0.29, 0.717) is 33.6 Å². The van der Waals surface area contributed by atoms with Gasteiger partial charge in [0.25, 0.3) is 5.56 Å². The molecule has 0 radical (unpaired) electrons. The Balaban J connectivity index is 1.51. The van der Waals surface area contributed by atoms with Gasteiger partial charge in [-0.2, -0.15) is 0 Å². The number of nitrogens with one attached hydrogen (secondary N) is 1. The first-order valence-corrected chi connectivity index (χ1v) is 16.3. The third-order valence-corrected chi connectivity index (χ3v) is 9.46. The van der Waals surface area contributed by atoms with Crippen LogP contribution in [-0.4, -0.2) is 41.0 Å². The number of hydrogen-bond acceptors (Lipinski definition) is 9. The second kappa shape index (κ2) is 14.6. The summed E-state index contributed by atoms with van der Waals surface area (Å²) >= 11 is 0. The van der Waals surface area contributed by atoms with Crippen molar-refractivity contribution in [2.45, 2.75) is 26.2 Å². The zero-order valence-corrected chi connectivity index (χ0v) is 26.8. The van der Waals surface area contributed by atoms with Gasteiger partial charge in [0.1, 0.15) is 12.4 Å². The Morgan fingerprint density at radius 2 is 1.64 bits per heavy atom. The summed E-state index contributed by atoms with van der Waals surface area (Å²) in [4.78, 5) is 29.6. The van der Waals surface area contributed by atoms with Crippen LogP contribution in [0.2, 0.25) is 0 Å². The molecular weight excluding hydrogens is 628 g/mol. The van der Waals surface area contributed by atoms with Crippen molar-refractivity contribution in [2.75, 3.05) is 25.6 Å². The highest BCUT2D eigenvalue weighted by Gasteiger charge is 2.37. The number of fused-ring (bicyclic) bond motifs is 1. The van der Waals surface area contributed by atoms with E-state index in [9.17, 15) is 23.7 Å². The van der Waals surface area contributed by atoms with Gasteiger partial charge in [0.05, 0.1) is 42.5 Å². The number of nitrogens with zero attached hydrogens (tertiary/aromatic N) is 2. The van der Waals surface area contributed by atoms with E-state index < -0.39 is 25.2 Å². The summed E-state index contributed by atoms with van der Waals surface area (Å²) in [5, 5.41) is 12.9. The number of halogens is 1. The Bertz CT molecular complexity index is 1970. The van der Waals surface area contributed by atoms with Crippen molar-refractivity contribution in [1.82, 2.24) is 9.55 Å². The largest absolute Gasteiger partial charge is 0.493 e. The van der Waals surface area contributed by atoms with Crippen LogP contribution < -0.4 is 20.3 Å². The highest BCUT2D eigenvalue weighted by molar-refractivity contribution is 7.54. The molecule has 0 spiro atoms. The number of aromatic carboxylic acids is 1. The van der Waals surface area contributed by atoms with Crippen LogP contribution in [0.15, 0.2) is 95.8 Å². The predicted octanol–water partition coefficient (Wildman–Crippen LogP) is 7.19. The van der Waals surface area contributed by atoms with Crippen molar-refractivity contribution in [3.63, 3.8) is 0 Å². The number of hydrogen-bond donors (Lipinski definition) is 2. The Hall–Kier alpha value is -5.03. The highest BCUT2D eigenvalue weighted by atomic mass is 31.2. The second-order valence-electron chi connectivity index (χ2n) is 10.2. The van der Waals surface area contributed by atoms with Crippen molar-refractivity contribution >= 4 is 30.2 Å². The molecule has 1 atom stereocenters. The van der Waals surface area contributed by atoms with Gasteiger partial charge >= 0.3 is 13.6 Å². The van der Waals surface area contributed by atoms with E-state index in [1.54, 1.807) is 68.4 Å². The molecule has 1 heterocycles. The number of carboxylic acid groups (broad SMARTS) is 1. The van der Waals surface area contributed by atoms with E-state index in [4.69, 9.17) is 18.5 Å². The number of rotatable bonds is 14. The molecule has 2 N–H and O–H groups in total.